The zero-order valence-corrected chi connectivity index (χ0v) is 12.0. The molecular formula is C16H19NOS. The first-order valence-electron chi connectivity index (χ1n) is 6.49. The van der Waals surface area contributed by atoms with Gasteiger partial charge >= 0.3 is 0 Å². The van der Waals surface area contributed by atoms with E-state index < -0.39 is 0 Å². The van der Waals surface area contributed by atoms with Crippen LogP contribution < -0.4 is 10.5 Å². The van der Waals surface area contributed by atoms with Crippen molar-refractivity contribution in [3.63, 3.8) is 0 Å². The number of rotatable bonds is 6. The van der Waals surface area contributed by atoms with Crippen molar-refractivity contribution in [3.8, 4) is 5.75 Å². The van der Waals surface area contributed by atoms with E-state index in [0.717, 1.165) is 28.5 Å². The number of nitrogens with two attached hydrogens (primary N) is 1. The number of hydrogen-bond donors (Lipinski definition) is 1. The molecule has 0 spiro atoms. The number of anilines is 1. The van der Waals surface area contributed by atoms with Crippen LogP contribution in [-0.4, -0.2) is 6.61 Å². The predicted molar refractivity (Wildman–Crippen MR) is 82.6 cm³/mol. The summed E-state index contributed by atoms with van der Waals surface area (Å²) >= 11 is 1.74. The number of benzene rings is 2. The first kappa shape index (κ1) is 13.8. The molecule has 0 aromatic heterocycles. The molecule has 0 amide bonds. The lowest BCUT2D eigenvalue weighted by atomic mass is 10.2. The second-order valence-corrected chi connectivity index (χ2v) is 5.31. The SMILES string of the molecule is CCCOc1cccc(SCc2ccccc2)c1N. The third-order valence-corrected chi connectivity index (χ3v) is 3.87. The van der Waals surface area contributed by atoms with E-state index in [0.29, 0.717) is 6.61 Å². The Hall–Kier alpha value is -1.61. The van der Waals surface area contributed by atoms with E-state index in [9.17, 15) is 0 Å². The van der Waals surface area contributed by atoms with Crippen molar-refractivity contribution in [2.45, 2.75) is 24.0 Å². The van der Waals surface area contributed by atoms with Crippen molar-refractivity contribution < 1.29 is 4.74 Å². The van der Waals surface area contributed by atoms with E-state index in [1.54, 1.807) is 11.8 Å². The van der Waals surface area contributed by atoms with Crippen LogP contribution in [0.15, 0.2) is 53.4 Å². The van der Waals surface area contributed by atoms with E-state index in [1.807, 2.05) is 24.3 Å². The third kappa shape index (κ3) is 3.93. The molecule has 0 atom stereocenters. The van der Waals surface area contributed by atoms with Gasteiger partial charge in [-0.25, -0.2) is 0 Å². The molecule has 0 bridgehead atoms. The third-order valence-electron chi connectivity index (χ3n) is 2.72. The molecule has 0 aliphatic rings. The maximum absolute atomic E-state index is 6.14. The second kappa shape index (κ2) is 7.10. The van der Waals surface area contributed by atoms with Crippen molar-refractivity contribution in [2.75, 3.05) is 12.3 Å². The minimum atomic E-state index is 0.705. The number of ether oxygens (including phenoxy) is 1. The van der Waals surface area contributed by atoms with Crippen LogP contribution in [0.25, 0.3) is 0 Å². The molecule has 0 fully saturated rings. The summed E-state index contributed by atoms with van der Waals surface area (Å²) in [4.78, 5) is 1.08. The van der Waals surface area contributed by atoms with Crippen LogP contribution in [0.2, 0.25) is 0 Å². The average Bonchev–Trinajstić information content (AvgIpc) is 2.46. The molecule has 2 rings (SSSR count). The van der Waals surface area contributed by atoms with Crippen LogP contribution in [0, 0.1) is 0 Å². The maximum atomic E-state index is 6.14. The van der Waals surface area contributed by atoms with Gasteiger partial charge in [0.25, 0.3) is 0 Å². The summed E-state index contributed by atoms with van der Waals surface area (Å²) in [5.74, 6) is 1.71. The fourth-order valence-electron chi connectivity index (χ4n) is 1.72. The summed E-state index contributed by atoms with van der Waals surface area (Å²) in [6, 6.07) is 16.4. The van der Waals surface area contributed by atoms with Crippen molar-refractivity contribution >= 4 is 17.4 Å². The van der Waals surface area contributed by atoms with Crippen LogP contribution in [0.3, 0.4) is 0 Å². The van der Waals surface area contributed by atoms with Crippen molar-refractivity contribution in [2.24, 2.45) is 0 Å². The monoisotopic (exact) mass is 273 g/mol. The van der Waals surface area contributed by atoms with E-state index >= 15 is 0 Å². The highest BCUT2D eigenvalue weighted by Crippen LogP contribution is 2.34. The summed E-state index contributed by atoms with van der Waals surface area (Å²) < 4.78 is 5.64. The molecule has 0 unspecified atom stereocenters. The van der Waals surface area contributed by atoms with Gasteiger partial charge < -0.3 is 10.5 Å². The number of nitrogen functional groups attached to an aromatic ring is 1. The molecule has 2 nitrogen and oxygen atoms in total. The maximum Gasteiger partial charge on any atom is 0.143 e. The normalized spacial score (nSPS) is 10.4. The molecule has 2 aromatic carbocycles. The van der Waals surface area contributed by atoms with Gasteiger partial charge in [-0.2, -0.15) is 0 Å². The molecule has 0 radical (unpaired) electrons. The van der Waals surface area contributed by atoms with Gasteiger partial charge in [0.05, 0.1) is 12.3 Å². The fourth-order valence-corrected chi connectivity index (χ4v) is 2.67. The zero-order chi connectivity index (χ0) is 13.5. The van der Waals surface area contributed by atoms with Crippen molar-refractivity contribution in [3.05, 3.63) is 54.1 Å². The fraction of sp³-hybridized carbons (Fsp3) is 0.250. The Morgan fingerprint density at radius 2 is 1.84 bits per heavy atom. The largest absolute Gasteiger partial charge is 0.491 e. The molecule has 100 valence electrons. The molecule has 0 heterocycles. The number of hydrogen-bond acceptors (Lipinski definition) is 3. The van der Waals surface area contributed by atoms with Crippen molar-refractivity contribution in [1.29, 1.82) is 0 Å². The van der Waals surface area contributed by atoms with Gasteiger partial charge in [0.1, 0.15) is 5.75 Å². The topological polar surface area (TPSA) is 35.2 Å². The van der Waals surface area contributed by atoms with E-state index in [4.69, 9.17) is 10.5 Å². The van der Waals surface area contributed by atoms with Gasteiger partial charge in [-0.3, -0.25) is 0 Å². The van der Waals surface area contributed by atoms with Crippen LogP contribution in [0.4, 0.5) is 5.69 Å². The van der Waals surface area contributed by atoms with Gasteiger partial charge in [-0.05, 0) is 24.1 Å². The highest BCUT2D eigenvalue weighted by atomic mass is 32.2. The van der Waals surface area contributed by atoms with Gasteiger partial charge in [-0.15, -0.1) is 11.8 Å². The molecule has 3 heteroatoms. The molecule has 0 saturated carbocycles. The minimum absolute atomic E-state index is 0.705. The Morgan fingerprint density at radius 1 is 1.05 bits per heavy atom. The highest BCUT2D eigenvalue weighted by molar-refractivity contribution is 7.98. The Bertz CT molecular complexity index is 513. The summed E-state index contributed by atoms with van der Waals surface area (Å²) in [6.45, 7) is 2.79. The Morgan fingerprint density at radius 3 is 2.58 bits per heavy atom. The quantitative estimate of drug-likeness (QED) is 0.627. The lowest BCUT2D eigenvalue weighted by molar-refractivity contribution is 0.318. The zero-order valence-electron chi connectivity index (χ0n) is 11.1. The molecule has 19 heavy (non-hydrogen) atoms. The lowest BCUT2D eigenvalue weighted by Gasteiger charge is -2.11. The van der Waals surface area contributed by atoms with Crippen molar-refractivity contribution in [1.82, 2.24) is 0 Å². The summed E-state index contributed by atoms with van der Waals surface area (Å²) in [7, 11) is 0. The number of thioether (sulfide) groups is 1. The average molecular weight is 273 g/mol. The Balaban J connectivity index is 2.04. The van der Waals surface area contributed by atoms with Crippen LogP contribution >= 0.6 is 11.8 Å². The predicted octanol–water partition coefficient (Wildman–Crippen LogP) is 4.35. The van der Waals surface area contributed by atoms with Gasteiger partial charge in [0, 0.05) is 10.6 Å². The van der Waals surface area contributed by atoms with Gasteiger partial charge in [-0.1, -0.05) is 43.3 Å². The first-order valence-corrected chi connectivity index (χ1v) is 7.48. The molecule has 2 N–H and O–H groups in total. The van der Waals surface area contributed by atoms with Crippen LogP contribution in [0.5, 0.6) is 5.75 Å². The molecule has 0 aliphatic carbocycles. The second-order valence-electron chi connectivity index (χ2n) is 4.29. The summed E-state index contributed by atoms with van der Waals surface area (Å²) in [6.07, 6.45) is 0.987. The number of para-hydroxylation sites is 1. The summed E-state index contributed by atoms with van der Waals surface area (Å²) in [5, 5.41) is 0. The lowest BCUT2D eigenvalue weighted by Crippen LogP contribution is -2.00. The van der Waals surface area contributed by atoms with Gasteiger partial charge in [0.2, 0.25) is 0 Å². The van der Waals surface area contributed by atoms with Crippen LogP contribution in [-0.2, 0) is 5.75 Å². The van der Waals surface area contributed by atoms with Gasteiger partial charge in [0.15, 0.2) is 0 Å². The summed E-state index contributed by atoms with van der Waals surface area (Å²) in [5.41, 5.74) is 8.19. The molecule has 0 saturated heterocycles. The Kier molecular flexibility index (Phi) is 5.16. The molecule has 2 aromatic rings. The smallest absolute Gasteiger partial charge is 0.143 e. The molecule has 0 aliphatic heterocycles. The first-order chi connectivity index (χ1) is 9.31. The highest BCUT2D eigenvalue weighted by Gasteiger charge is 2.06. The standard InChI is InChI=1S/C16H19NOS/c1-2-11-18-14-9-6-10-15(16(14)17)19-12-13-7-4-3-5-8-13/h3-10H,2,11-12,17H2,1H3. The van der Waals surface area contributed by atoms with Crippen LogP contribution in [0.1, 0.15) is 18.9 Å². The Labute approximate surface area is 119 Å². The van der Waals surface area contributed by atoms with E-state index in [2.05, 4.69) is 31.2 Å². The minimum Gasteiger partial charge on any atom is -0.491 e. The van der Waals surface area contributed by atoms with E-state index in [-0.39, 0.29) is 0 Å². The molecular weight excluding hydrogens is 254 g/mol. The van der Waals surface area contributed by atoms with E-state index in [1.165, 1.54) is 5.56 Å².